The van der Waals surface area contributed by atoms with Crippen LogP contribution in [0.25, 0.3) is 11.3 Å². The van der Waals surface area contributed by atoms with Crippen molar-refractivity contribution < 1.29 is 14.6 Å². The Labute approximate surface area is 152 Å². The molecule has 2 N–H and O–H groups in total. The summed E-state index contributed by atoms with van der Waals surface area (Å²) >= 11 is 0. The molecular weight excluding hydrogens is 330 g/mol. The molecule has 1 atom stereocenters. The first-order valence-corrected chi connectivity index (χ1v) is 8.40. The van der Waals surface area contributed by atoms with E-state index in [4.69, 9.17) is 9.47 Å². The number of methoxy groups -OCH3 is 2. The molecule has 0 amide bonds. The molecule has 0 radical (unpaired) electrons. The zero-order chi connectivity index (χ0) is 18.4. The van der Waals surface area contributed by atoms with Gasteiger partial charge < -0.3 is 19.9 Å². The van der Waals surface area contributed by atoms with Crippen molar-refractivity contribution in [3.05, 3.63) is 53.2 Å². The van der Waals surface area contributed by atoms with E-state index in [1.807, 2.05) is 11.6 Å². The van der Waals surface area contributed by atoms with Crippen LogP contribution in [0.1, 0.15) is 23.0 Å². The predicted molar refractivity (Wildman–Crippen MR) is 100 cm³/mol. The fraction of sp³-hybridized carbons (Fsp3) is 0.250. The molecule has 0 fully saturated rings. The molecule has 0 saturated carbocycles. The summed E-state index contributed by atoms with van der Waals surface area (Å²) in [6.45, 7) is 4.06. The molecule has 1 aliphatic heterocycles. The smallest absolute Gasteiger partial charge is 0.200 e. The van der Waals surface area contributed by atoms with Crippen LogP contribution in [0.2, 0.25) is 0 Å². The van der Waals surface area contributed by atoms with Crippen LogP contribution in [0.3, 0.4) is 0 Å². The Morgan fingerprint density at radius 2 is 1.73 bits per heavy atom. The first kappa shape index (κ1) is 16.3. The lowest BCUT2D eigenvalue weighted by molar-refractivity contribution is 0.338. The van der Waals surface area contributed by atoms with Gasteiger partial charge in [0.1, 0.15) is 6.17 Å². The van der Waals surface area contributed by atoms with Gasteiger partial charge in [-0.15, -0.1) is 0 Å². The first-order valence-electron chi connectivity index (χ1n) is 8.40. The van der Waals surface area contributed by atoms with Crippen LogP contribution < -0.4 is 14.8 Å². The minimum absolute atomic E-state index is 0.0116. The van der Waals surface area contributed by atoms with Crippen molar-refractivity contribution in [1.82, 2.24) is 9.78 Å². The van der Waals surface area contributed by atoms with Gasteiger partial charge in [0.25, 0.3) is 0 Å². The number of aryl methyl sites for hydroxylation is 2. The van der Waals surface area contributed by atoms with Gasteiger partial charge in [-0.25, -0.2) is 4.68 Å². The van der Waals surface area contributed by atoms with E-state index in [2.05, 4.69) is 41.6 Å². The van der Waals surface area contributed by atoms with Crippen LogP contribution in [0.5, 0.6) is 17.2 Å². The standard InChI is InChI=1S/C20H21N3O3/c1-11-5-6-15-14(7-11)16-8-12(2)22-23(16)20(21-15)13-9-17(25-3)19(24)18(10-13)26-4/h5-10,20-21,24H,1-4H3. The van der Waals surface area contributed by atoms with Crippen LogP contribution in [0.15, 0.2) is 36.4 Å². The van der Waals surface area contributed by atoms with Gasteiger partial charge in [0.15, 0.2) is 11.5 Å². The van der Waals surface area contributed by atoms with E-state index in [-0.39, 0.29) is 11.9 Å². The van der Waals surface area contributed by atoms with Gasteiger partial charge in [-0.1, -0.05) is 11.6 Å². The van der Waals surface area contributed by atoms with E-state index >= 15 is 0 Å². The predicted octanol–water partition coefficient (Wildman–Crippen LogP) is 3.86. The Kier molecular flexibility index (Phi) is 3.76. The summed E-state index contributed by atoms with van der Waals surface area (Å²) in [7, 11) is 3.04. The third kappa shape index (κ3) is 2.45. The molecule has 1 aromatic heterocycles. The lowest BCUT2D eigenvalue weighted by atomic mass is 10.0. The second kappa shape index (κ2) is 5.98. The van der Waals surface area contributed by atoms with E-state index in [0.29, 0.717) is 11.5 Å². The molecule has 0 bridgehead atoms. The van der Waals surface area contributed by atoms with E-state index in [1.165, 1.54) is 19.8 Å². The highest BCUT2D eigenvalue weighted by molar-refractivity contribution is 5.79. The zero-order valence-electron chi connectivity index (χ0n) is 15.2. The lowest BCUT2D eigenvalue weighted by Crippen LogP contribution is -2.25. The second-order valence-electron chi connectivity index (χ2n) is 6.49. The quantitative estimate of drug-likeness (QED) is 0.750. The SMILES string of the molecule is COc1cc(C2Nc3ccc(C)cc3-c3cc(C)nn32)cc(OC)c1O. The summed E-state index contributed by atoms with van der Waals surface area (Å²) in [6.07, 6.45) is -0.239. The largest absolute Gasteiger partial charge is 0.502 e. The minimum Gasteiger partial charge on any atom is -0.502 e. The molecule has 0 saturated heterocycles. The van der Waals surface area contributed by atoms with Gasteiger partial charge in [0, 0.05) is 16.8 Å². The number of phenols is 1. The molecule has 0 spiro atoms. The van der Waals surface area contributed by atoms with Crippen molar-refractivity contribution >= 4 is 5.69 Å². The van der Waals surface area contributed by atoms with Crippen LogP contribution in [0.4, 0.5) is 5.69 Å². The number of hydrogen-bond donors (Lipinski definition) is 2. The Morgan fingerprint density at radius 3 is 2.38 bits per heavy atom. The molecule has 4 rings (SSSR count). The zero-order valence-corrected chi connectivity index (χ0v) is 15.2. The van der Waals surface area contributed by atoms with Crippen LogP contribution in [-0.4, -0.2) is 29.1 Å². The molecule has 134 valence electrons. The van der Waals surface area contributed by atoms with Crippen molar-refractivity contribution in [2.75, 3.05) is 19.5 Å². The maximum atomic E-state index is 10.2. The topological polar surface area (TPSA) is 68.5 Å². The number of fused-ring (bicyclic) bond motifs is 3. The molecule has 2 heterocycles. The highest BCUT2D eigenvalue weighted by atomic mass is 16.5. The van der Waals surface area contributed by atoms with Crippen molar-refractivity contribution in [1.29, 1.82) is 0 Å². The highest BCUT2D eigenvalue weighted by Crippen LogP contribution is 2.43. The number of phenolic OH excluding ortho intramolecular Hbond substituents is 1. The molecule has 26 heavy (non-hydrogen) atoms. The number of hydrogen-bond acceptors (Lipinski definition) is 5. The van der Waals surface area contributed by atoms with Crippen molar-refractivity contribution in [2.24, 2.45) is 0 Å². The van der Waals surface area contributed by atoms with Gasteiger partial charge in [0.2, 0.25) is 5.75 Å². The Balaban J connectivity index is 1.90. The van der Waals surface area contributed by atoms with Crippen LogP contribution in [0, 0.1) is 13.8 Å². The number of nitrogens with one attached hydrogen (secondary N) is 1. The molecule has 2 aromatic carbocycles. The summed E-state index contributed by atoms with van der Waals surface area (Å²) in [5, 5.41) is 18.4. The Morgan fingerprint density at radius 1 is 1.04 bits per heavy atom. The first-order chi connectivity index (χ1) is 12.5. The maximum absolute atomic E-state index is 10.2. The maximum Gasteiger partial charge on any atom is 0.200 e. The normalized spacial score (nSPS) is 15.0. The molecule has 0 aliphatic carbocycles. The molecule has 1 aliphatic rings. The van der Waals surface area contributed by atoms with Crippen molar-refractivity contribution in [2.45, 2.75) is 20.0 Å². The number of aromatic nitrogens is 2. The number of anilines is 1. The van der Waals surface area contributed by atoms with Crippen molar-refractivity contribution in [3.8, 4) is 28.5 Å². The van der Waals surface area contributed by atoms with Crippen LogP contribution in [-0.2, 0) is 0 Å². The van der Waals surface area contributed by atoms with E-state index in [9.17, 15) is 5.11 Å². The summed E-state index contributed by atoms with van der Waals surface area (Å²) in [5.41, 5.74) is 6.24. The van der Waals surface area contributed by atoms with E-state index in [1.54, 1.807) is 12.1 Å². The number of aromatic hydroxyl groups is 1. The van der Waals surface area contributed by atoms with E-state index in [0.717, 1.165) is 28.2 Å². The van der Waals surface area contributed by atoms with Gasteiger partial charge >= 0.3 is 0 Å². The number of ether oxygens (including phenoxy) is 2. The van der Waals surface area contributed by atoms with Gasteiger partial charge in [-0.2, -0.15) is 5.10 Å². The molecule has 6 nitrogen and oxygen atoms in total. The van der Waals surface area contributed by atoms with Crippen molar-refractivity contribution in [3.63, 3.8) is 0 Å². The minimum atomic E-state index is -0.239. The van der Waals surface area contributed by atoms with E-state index < -0.39 is 0 Å². The van der Waals surface area contributed by atoms with Gasteiger partial charge in [0.05, 0.1) is 25.6 Å². The lowest BCUT2D eigenvalue weighted by Gasteiger charge is -2.30. The average Bonchev–Trinajstić information content (AvgIpc) is 3.03. The Bertz CT molecular complexity index is 969. The van der Waals surface area contributed by atoms with Gasteiger partial charge in [-0.05, 0) is 44.2 Å². The summed E-state index contributed by atoms with van der Waals surface area (Å²) in [5.74, 6) is 0.713. The number of nitrogens with zero attached hydrogens (tertiary/aromatic N) is 2. The number of benzene rings is 2. The fourth-order valence-electron chi connectivity index (χ4n) is 3.42. The monoisotopic (exact) mass is 351 g/mol. The molecular formula is C20H21N3O3. The molecule has 3 aromatic rings. The fourth-order valence-corrected chi connectivity index (χ4v) is 3.42. The third-order valence-electron chi connectivity index (χ3n) is 4.66. The van der Waals surface area contributed by atoms with Gasteiger partial charge in [-0.3, -0.25) is 0 Å². The number of rotatable bonds is 3. The Hall–Kier alpha value is -3.15. The summed E-state index contributed by atoms with van der Waals surface area (Å²) in [4.78, 5) is 0. The summed E-state index contributed by atoms with van der Waals surface area (Å²) < 4.78 is 12.6. The third-order valence-corrected chi connectivity index (χ3v) is 4.66. The molecule has 6 heteroatoms. The highest BCUT2D eigenvalue weighted by Gasteiger charge is 2.28. The molecule has 1 unspecified atom stereocenters. The van der Waals surface area contributed by atoms with Crippen LogP contribution >= 0.6 is 0 Å². The average molecular weight is 351 g/mol. The second-order valence-corrected chi connectivity index (χ2v) is 6.49. The summed E-state index contributed by atoms with van der Waals surface area (Å²) in [6, 6.07) is 12.0.